The summed E-state index contributed by atoms with van der Waals surface area (Å²) in [6.07, 6.45) is 10.8. The minimum atomic E-state index is -0.418. The molecule has 1 atom stereocenters. The zero-order valence-electron chi connectivity index (χ0n) is 16.3. The van der Waals surface area contributed by atoms with E-state index in [1.165, 1.54) is 11.1 Å². The van der Waals surface area contributed by atoms with Crippen LogP contribution in [0, 0.1) is 12.7 Å². The van der Waals surface area contributed by atoms with Crippen LogP contribution in [-0.4, -0.2) is 9.97 Å². The largest absolute Gasteiger partial charge is 0.236 e. The van der Waals surface area contributed by atoms with E-state index < -0.39 is 5.82 Å². The number of aromatic nitrogens is 2. The van der Waals surface area contributed by atoms with Crippen LogP contribution in [0.2, 0.25) is 5.02 Å². The highest BCUT2D eigenvalue weighted by atomic mass is 35.5. The molecule has 0 aliphatic heterocycles. The van der Waals surface area contributed by atoms with Gasteiger partial charge in [-0.2, -0.15) is 0 Å². The van der Waals surface area contributed by atoms with Gasteiger partial charge in [0.05, 0.1) is 5.02 Å². The third kappa shape index (κ3) is 4.01. The number of nitrogens with zero attached hydrogens (tertiary/aromatic N) is 2. The number of hydrogen-bond donors (Lipinski definition) is 0. The van der Waals surface area contributed by atoms with Crippen LogP contribution < -0.4 is 0 Å². The van der Waals surface area contributed by atoms with Crippen molar-refractivity contribution < 1.29 is 4.39 Å². The molecule has 0 saturated carbocycles. The molecule has 3 aromatic rings. The van der Waals surface area contributed by atoms with Gasteiger partial charge in [0, 0.05) is 23.5 Å². The predicted molar refractivity (Wildman–Crippen MR) is 118 cm³/mol. The van der Waals surface area contributed by atoms with E-state index in [9.17, 15) is 4.39 Å². The van der Waals surface area contributed by atoms with E-state index in [-0.39, 0.29) is 5.02 Å². The lowest BCUT2D eigenvalue weighted by Crippen LogP contribution is -2.05. The van der Waals surface area contributed by atoms with Gasteiger partial charge in [0.25, 0.3) is 0 Å². The van der Waals surface area contributed by atoms with Crippen LogP contribution in [0.25, 0.3) is 23.0 Å². The first kappa shape index (κ1) is 19.5. The molecule has 1 heterocycles. The van der Waals surface area contributed by atoms with Crippen molar-refractivity contribution in [1.82, 2.24) is 9.97 Å². The molecule has 0 radical (unpaired) electrons. The average Bonchev–Trinajstić information content (AvgIpc) is 2.78. The van der Waals surface area contributed by atoms with Gasteiger partial charge in [-0.1, -0.05) is 60.7 Å². The van der Waals surface area contributed by atoms with Crippen LogP contribution in [0.15, 0.2) is 61.4 Å². The molecule has 146 valence electrons. The van der Waals surface area contributed by atoms with Crippen molar-refractivity contribution in [2.45, 2.75) is 32.1 Å². The second kappa shape index (κ2) is 8.30. The number of benzene rings is 2. The number of hydrogen-bond acceptors (Lipinski definition) is 2. The summed E-state index contributed by atoms with van der Waals surface area (Å²) in [6.45, 7) is 5.49. The number of allylic oxidation sites excluding steroid dienone is 2. The molecule has 1 unspecified atom stereocenters. The van der Waals surface area contributed by atoms with Crippen LogP contribution in [-0.2, 0) is 0 Å². The Kier molecular flexibility index (Phi) is 5.59. The van der Waals surface area contributed by atoms with Crippen molar-refractivity contribution in [2.24, 2.45) is 0 Å². The predicted octanol–water partition coefficient (Wildman–Crippen LogP) is 7.24. The Morgan fingerprint density at radius 3 is 2.45 bits per heavy atom. The molecule has 2 nitrogen and oxygen atoms in total. The van der Waals surface area contributed by atoms with Crippen molar-refractivity contribution in [3.05, 3.63) is 94.5 Å². The van der Waals surface area contributed by atoms with Crippen LogP contribution in [0.3, 0.4) is 0 Å². The van der Waals surface area contributed by atoms with Crippen LogP contribution >= 0.6 is 11.6 Å². The fourth-order valence-corrected chi connectivity index (χ4v) is 4.05. The zero-order chi connectivity index (χ0) is 20.4. The van der Waals surface area contributed by atoms with Gasteiger partial charge < -0.3 is 0 Å². The molecular formula is C25H22ClFN2. The summed E-state index contributed by atoms with van der Waals surface area (Å²) in [5.74, 6) is 0.556. The quantitative estimate of drug-likeness (QED) is 0.458. The molecule has 0 saturated heterocycles. The van der Waals surface area contributed by atoms with E-state index in [4.69, 9.17) is 11.6 Å². The molecule has 1 aliphatic carbocycles. The lowest BCUT2D eigenvalue weighted by molar-refractivity contribution is 0.619. The summed E-state index contributed by atoms with van der Waals surface area (Å²) in [5, 5.41) is 0.0694. The molecule has 29 heavy (non-hydrogen) atoms. The molecule has 0 bridgehead atoms. The zero-order valence-corrected chi connectivity index (χ0v) is 17.1. The third-order valence-electron chi connectivity index (χ3n) is 5.59. The molecule has 1 aromatic heterocycles. The van der Waals surface area contributed by atoms with E-state index in [1.807, 2.05) is 18.5 Å². The Balaban J connectivity index is 1.50. The summed E-state index contributed by atoms with van der Waals surface area (Å²) in [6, 6.07) is 12.1. The molecule has 1 aliphatic rings. The Hall–Kier alpha value is -2.78. The second-order valence-corrected chi connectivity index (χ2v) is 7.80. The summed E-state index contributed by atoms with van der Waals surface area (Å²) in [7, 11) is 0. The maximum atomic E-state index is 14.1. The summed E-state index contributed by atoms with van der Waals surface area (Å²) in [4.78, 5) is 8.88. The maximum absolute atomic E-state index is 14.1. The van der Waals surface area contributed by atoms with Crippen LogP contribution in [0.5, 0.6) is 0 Å². The summed E-state index contributed by atoms with van der Waals surface area (Å²) < 4.78 is 14.1. The molecule has 2 aromatic carbocycles. The third-order valence-corrected chi connectivity index (χ3v) is 5.96. The van der Waals surface area contributed by atoms with Gasteiger partial charge in [0.15, 0.2) is 5.82 Å². The normalized spacial score (nSPS) is 16.4. The van der Waals surface area contributed by atoms with Crippen LogP contribution in [0.1, 0.15) is 47.4 Å². The van der Waals surface area contributed by atoms with Crippen molar-refractivity contribution in [3.8, 4) is 11.4 Å². The maximum Gasteiger partial charge on any atom is 0.160 e. The highest BCUT2D eigenvalue weighted by Crippen LogP contribution is 2.36. The van der Waals surface area contributed by atoms with Gasteiger partial charge >= 0.3 is 0 Å². The summed E-state index contributed by atoms with van der Waals surface area (Å²) >= 11 is 6.14. The minimum Gasteiger partial charge on any atom is -0.236 e. The first-order valence-corrected chi connectivity index (χ1v) is 10.1. The number of halogens is 2. The molecule has 0 amide bonds. The van der Waals surface area contributed by atoms with E-state index in [2.05, 4.69) is 46.9 Å². The first-order valence-electron chi connectivity index (χ1n) is 9.75. The average molecular weight is 405 g/mol. The molecule has 0 spiro atoms. The SMILES string of the molecule is C=Cc1ccc(C2CC=C(c3cnc(-c4ccc(C)c(F)c4Cl)nc3)CC2)cc1. The van der Waals surface area contributed by atoms with Gasteiger partial charge in [-0.05, 0) is 60.4 Å². The highest BCUT2D eigenvalue weighted by Gasteiger charge is 2.18. The minimum absolute atomic E-state index is 0.0694. The smallest absolute Gasteiger partial charge is 0.160 e. The van der Waals surface area contributed by atoms with Gasteiger partial charge in [-0.3, -0.25) is 0 Å². The fraction of sp³-hybridized carbons (Fsp3) is 0.200. The molecular weight excluding hydrogens is 383 g/mol. The standard InChI is InChI=1S/C25H22ClFN2/c1-3-17-5-7-18(8-6-17)19-9-11-20(12-10-19)21-14-28-25(29-15-21)22-13-4-16(2)24(27)23(22)26/h3-8,11,13-15,19H,1,9-10,12H2,2H3. The fourth-order valence-electron chi connectivity index (χ4n) is 3.76. The van der Waals surface area contributed by atoms with Crippen molar-refractivity contribution in [3.63, 3.8) is 0 Å². The number of aryl methyl sites for hydroxylation is 1. The molecule has 4 rings (SSSR count). The van der Waals surface area contributed by atoms with Crippen molar-refractivity contribution in [1.29, 1.82) is 0 Å². The number of rotatable bonds is 4. The van der Waals surface area contributed by atoms with E-state index >= 15 is 0 Å². The van der Waals surface area contributed by atoms with Gasteiger partial charge in [-0.25, -0.2) is 14.4 Å². The first-order chi connectivity index (χ1) is 14.1. The van der Waals surface area contributed by atoms with Gasteiger partial charge in [0.1, 0.15) is 5.82 Å². The van der Waals surface area contributed by atoms with Crippen molar-refractivity contribution in [2.75, 3.05) is 0 Å². The van der Waals surface area contributed by atoms with Crippen molar-refractivity contribution >= 4 is 23.3 Å². The lowest BCUT2D eigenvalue weighted by Gasteiger charge is -2.22. The Morgan fingerprint density at radius 1 is 1.10 bits per heavy atom. The topological polar surface area (TPSA) is 25.8 Å². The van der Waals surface area contributed by atoms with E-state index in [0.29, 0.717) is 22.9 Å². The van der Waals surface area contributed by atoms with E-state index in [1.54, 1.807) is 19.1 Å². The Morgan fingerprint density at radius 2 is 1.83 bits per heavy atom. The molecule has 0 fully saturated rings. The monoisotopic (exact) mass is 404 g/mol. The highest BCUT2D eigenvalue weighted by molar-refractivity contribution is 6.33. The van der Waals surface area contributed by atoms with Gasteiger partial charge in [-0.15, -0.1) is 0 Å². The molecule has 4 heteroatoms. The second-order valence-electron chi connectivity index (χ2n) is 7.42. The van der Waals surface area contributed by atoms with Crippen LogP contribution in [0.4, 0.5) is 4.39 Å². The molecule has 0 N–H and O–H groups in total. The lowest BCUT2D eigenvalue weighted by atomic mass is 9.83. The Bertz CT molecular complexity index is 1070. The summed E-state index contributed by atoms with van der Waals surface area (Å²) in [5.41, 5.74) is 5.81. The van der Waals surface area contributed by atoms with E-state index in [0.717, 1.165) is 30.4 Å². The Labute approximate surface area is 175 Å². The van der Waals surface area contributed by atoms with Gasteiger partial charge in [0.2, 0.25) is 0 Å².